The first-order valence-corrected chi connectivity index (χ1v) is 5.15. The van der Waals surface area contributed by atoms with Crippen molar-refractivity contribution >= 4 is 50.0 Å². The van der Waals surface area contributed by atoms with E-state index in [0.717, 1.165) is 8.04 Å². The minimum atomic E-state index is 0.00407. The number of hydrogen-bond acceptors (Lipinski definition) is 2. The molecule has 2 nitrogen and oxygen atoms in total. The summed E-state index contributed by atoms with van der Waals surface area (Å²) in [6.07, 6.45) is 0. The van der Waals surface area contributed by atoms with Crippen LogP contribution in [-0.2, 0) is 0 Å². The second kappa shape index (κ2) is 3.74. The zero-order valence-corrected chi connectivity index (χ0v) is 10.1. The SMILES string of the molecule is CC(=O)c1c(N)cc(Br)cc1I. The Hall–Kier alpha value is -0.100. The summed E-state index contributed by atoms with van der Waals surface area (Å²) in [4.78, 5) is 11.1. The van der Waals surface area contributed by atoms with Gasteiger partial charge in [0.2, 0.25) is 0 Å². The minimum Gasteiger partial charge on any atom is -0.398 e. The van der Waals surface area contributed by atoms with Gasteiger partial charge in [-0.05, 0) is 41.6 Å². The third-order valence-corrected chi connectivity index (χ3v) is 2.75. The maximum atomic E-state index is 11.1. The Balaban J connectivity index is 3.38. The molecular formula is C8H7BrINO. The molecule has 0 saturated heterocycles. The van der Waals surface area contributed by atoms with Crippen LogP contribution in [0, 0.1) is 3.57 Å². The van der Waals surface area contributed by atoms with E-state index >= 15 is 0 Å². The summed E-state index contributed by atoms with van der Waals surface area (Å²) in [6.45, 7) is 1.52. The number of ketones is 1. The second-order valence-corrected chi connectivity index (χ2v) is 4.49. The molecule has 64 valence electrons. The first-order chi connectivity index (χ1) is 5.52. The van der Waals surface area contributed by atoms with Crippen LogP contribution in [0.4, 0.5) is 5.69 Å². The fourth-order valence-corrected chi connectivity index (χ4v) is 2.90. The Bertz CT molecular complexity index is 315. The summed E-state index contributed by atoms with van der Waals surface area (Å²) >= 11 is 5.40. The molecule has 2 N–H and O–H groups in total. The van der Waals surface area contributed by atoms with E-state index < -0.39 is 0 Å². The fourth-order valence-electron chi connectivity index (χ4n) is 0.965. The molecule has 0 aliphatic carbocycles. The average Bonchev–Trinajstić information content (AvgIpc) is 1.82. The van der Waals surface area contributed by atoms with Gasteiger partial charge in [0, 0.05) is 13.7 Å². The molecule has 0 saturated carbocycles. The van der Waals surface area contributed by atoms with Gasteiger partial charge in [0.25, 0.3) is 0 Å². The molecule has 0 aliphatic heterocycles. The number of Topliss-reactive ketones (excluding diaryl/α,β-unsaturated/α-hetero) is 1. The highest BCUT2D eigenvalue weighted by atomic mass is 127. The summed E-state index contributed by atoms with van der Waals surface area (Å²) in [5.41, 5.74) is 6.81. The van der Waals surface area contributed by atoms with Crippen LogP contribution in [0.3, 0.4) is 0 Å². The highest BCUT2D eigenvalue weighted by molar-refractivity contribution is 14.1. The lowest BCUT2D eigenvalue weighted by Crippen LogP contribution is -2.02. The molecule has 0 atom stereocenters. The van der Waals surface area contributed by atoms with Crippen molar-refractivity contribution in [3.05, 3.63) is 25.7 Å². The lowest BCUT2D eigenvalue weighted by molar-refractivity contribution is 0.101. The molecule has 1 aromatic carbocycles. The Morgan fingerprint density at radius 2 is 2.17 bits per heavy atom. The van der Waals surface area contributed by atoms with Crippen LogP contribution in [0.5, 0.6) is 0 Å². The van der Waals surface area contributed by atoms with E-state index in [1.807, 2.05) is 6.07 Å². The van der Waals surface area contributed by atoms with Crippen LogP contribution >= 0.6 is 38.5 Å². The van der Waals surface area contributed by atoms with Crippen molar-refractivity contribution in [1.82, 2.24) is 0 Å². The van der Waals surface area contributed by atoms with Gasteiger partial charge in [0.1, 0.15) is 0 Å². The predicted octanol–water partition coefficient (Wildman–Crippen LogP) is 2.84. The van der Waals surface area contributed by atoms with Gasteiger partial charge in [-0.3, -0.25) is 4.79 Å². The molecule has 0 aliphatic rings. The van der Waals surface area contributed by atoms with Gasteiger partial charge in [-0.1, -0.05) is 15.9 Å². The molecule has 0 unspecified atom stereocenters. The van der Waals surface area contributed by atoms with Crippen molar-refractivity contribution in [2.75, 3.05) is 5.73 Å². The molecule has 0 bridgehead atoms. The van der Waals surface area contributed by atoms with E-state index in [-0.39, 0.29) is 5.78 Å². The standard InChI is InChI=1S/C8H7BrINO/c1-4(12)8-6(10)2-5(9)3-7(8)11/h2-3H,11H2,1H3. The third-order valence-electron chi connectivity index (χ3n) is 1.44. The maximum absolute atomic E-state index is 11.1. The maximum Gasteiger partial charge on any atom is 0.162 e. The normalized spacial score (nSPS) is 9.92. The molecule has 0 amide bonds. The summed E-state index contributed by atoms with van der Waals surface area (Å²) in [5.74, 6) is 0.00407. The fraction of sp³-hybridized carbons (Fsp3) is 0.125. The second-order valence-electron chi connectivity index (χ2n) is 2.41. The van der Waals surface area contributed by atoms with Crippen molar-refractivity contribution in [2.45, 2.75) is 6.92 Å². The molecule has 12 heavy (non-hydrogen) atoms. The van der Waals surface area contributed by atoms with Gasteiger partial charge < -0.3 is 5.73 Å². The molecule has 4 heteroatoms. The summed E-state index contributed by atoms with van der Waals surface area (Å²) in [7, 11) is 0. The Morgan fingerprint density at radius 3 is 2.58 bits per heavy atom. The van der Waals surface area contributed by atoms with E-state index in [1.165, 1.54) is 6.92 Å². The summed E-state index contributed by atoms with van der Waals surface area (Å²) in [6, 6.07) is 3.60. The molecule has 1 rings (SSSR count). The lowest BCUT2D eigenvalue weighted by atomic mass is 10.1. The average molecular weight is 340 g/mol. The Kier molecular flexibility index (Phi) is 3.11. The van der Waals surface area contributed by atoms with Gasteiger partial charge in [-0.15, -0.1) is 0 Å². The topological polar surface area (TPSA) is 43.1 Å². The molecular weight excluding hydrogens is 333 g/mol. The predicted molar refractivity (Wildman–Crippen MR) is 61.3 cm³/mol. The van der Waals surface area contributed by atoms with Crippen molar-refractivity contribution in [2.24, 2.45) is 0 Å². The summed E-state index contributed by atoms with van der Waals surface area (Å²) in [5, 5.41) is 0. The van der Waals surface area contributed by atoms with E-state index in [1.54, 1.807) is 6.07 Å². The first-order valence-electron chi connectivity index (χ1n) is 3.28. The Labute approximate surface area is 92.8 Å². The van der Waals surface area contributed by atoms with Crippen molar-refractivity contribution in [1.29, 1.82) is 0 Å². The minimum absolute atomic E-state index is 0.00407. The monoisotopic (exact) mass is 339 g/mol. The van der Waals surface area contributed by atoms with Gasteiger partial charge in [-0.25, -0.2) is 0 Å². The van der Waals surface area contributed by atoms with Crippen molar-refractivity contribution < 1.29 is 4.79 Å². The molecule has 1 aromatic rings. The molecule has 0 heterocycles. The van der Waals surface area contributed by atoms with Crippen LogP contribution in [0.2, 0.25) is 0 Å². The molecule has 0 spiro atoms. The van der Waals surface area contributed by atoms with Gasteiger partial charge in [-0.2, -0.15) is 0 Å². The highest BCUT2D eigenvalue weighted by Gasteiger charge is 2.09. The van der Waals surface area contributed by atoms with Crippen LogP contribution in [0.1, 0.15) is 17.3 Å². The van der Waals surface area contributed by atoms with Gasteiger partial charge >= 0.3 is 0 Å². The van der Waals surface area contributed by atoms with Crippen LogP contribution in [0.25, 0.3) is 0 Å². The largest absolute Gasteiger partial charge is 0.398 e. The molecule has 0 radical (unpaired) electrons. The zero-order valence-electron chi connectivity index (χ0n) is 6.40. The number of hydrogen-bond donors (Lipinski definition) is 1. The van der Waals surface area contributed by atoms with Crippen molar-refractivity contribution in [3.8, 4) is 0 Å². The smallest absolute Gasteiger partial charge is 0.162 e. The van der Waals surface area contributed by atoms with Gasteiger partial charge in [0.15, 0.2) is 5.78 Å². The number of nitrogen functional groups attached to an aromatic ring is 1. The number of carbonyl (C=O) groups is 1. The number of rotatable bonds is 1. The number of halogens is 2. The van der Waals surface area contributed by atoms with Gasteiger partial charge in [0.05, 0.1) is 5.56 Å². The molecule has 0 fully saturated rings. The van der Waals surface area contributed by atoms with E-state index in [4.69, 9.17) is 5.73 Å². The quantitative estimate of drug-likeness (QED) is 0.485. The van der Waals surface area contributed by atoms with E-state index in [0.29, 0.717) is 11.3 Å². The van der Waals surface area contributed by atoms with Crippen molar-refractivity contribution in [3.63, 3.8) is 0 Å². The summed E-state index contributed by atoms with van der Waals surface area (Å²) < 4.78 is 1.78. The number of benzene rings is 1. The van der Waals surface area contributed by atoms with E-state index in [9.17, 15) is 4.79 Å². The lowest BCUT2D eigenvalue weighted by Gasteiger charge is -2.04. The molecule has 0 aromatic heterocycles. The van der Waals surface area contributed by atoms with Crippen LogP contribution in [-0.4, -0.2) is 5.78 Å². The first kappa shape index (κ1) is 9.98. The zero-order chi connectivity index (χ0) is 9.30. The number of carbonyl (C=O) groups excluding carboxylic acids is 1. The van der Waals surface area contributed by atoms with Crippen LogP contribution < -0.4 is 5.73 Å². The number of nitrogens with two attached hydrogens (primary N) is 1. The van der Waals surface area contributed by atoms with E-state index in [2.05, 4.69) is 38.5 Å². The number of anilines is 1. The van der Waals surface area contributed by atoms with Crippen LogP contribution in [0.15, 0.2) is 16.6 Å². The Morgan fingerprint density at radius 1 is 1.58 bits per heavy atom. The highest BCUT2D eigenvalue weighted by Crippen LogP contribution is 2.24. The third kappa shape index (κ3) is 1.98.